The normalized spacial score (nSPS) is 16.3. The first-order valence-electron chi connectivity index (χ1n) is 6.15. The highest BCUT2D eigenvalue weighted by Crippen LogP contribution is 2.48. The lowest BCUT2D eigenvalue weighted by molar-refractivity contribution is 0.175. The van der Waals surface area contributed by atoms with Gasteiger partial charge in [0.1, 0.15) is 10.8 Å². The Kier molecular flexibility index (Phi) is 4.14. The number of pyridine rings is 1. The smallest absolute Gasteiger partial charge is 0.126 e. The predicted molar refractivity (Wildman–Crippen MR) is 76.8 cm³/mol. The van der Waals surface area contributed by atoms with Crippen molar-refractivity contribution in [2.24, 2.45) is 11.1 Å². The van der Waals surface area contributed by atoms with E-state index in [9.17, 15) is 0 Å². The highest BCUT2D eigenvalue weighted by atomic mass is 32.1. The molecule has 1 aliphatic rings. The zero-order valence-electron chi connectivity index (χ0n) is 10.6. The Balaban J connectivity index is 1.90. The molecule has 3 N–H and O–H groups in total. The maximum Gasteiger partial charge on any atom is 0.126 e. The van der Waals surface area contributed by atoms with Crippen LogP contribution in [0.2, 0.25) is 0 Å². The van der Waals surface area contributed by atoms with E-state index in [1.165, 1.54) is 12.8 Å². The highest BCUT2D eigenvalue weighted by molar-refractivity contribution is 7.80. The quantitative estimate of drug-likeness (QED) is 0.738. The second-order valence-corrected chi connectivity index (χ2v) is 5.31. The van der Waals surface area contributed by atoms with Crippen molar-refractivity contribution < 1.29 is 4.74 Å². The number of nitrogens with two attached hydrogens (primary N) is 1. The molecule has 4 nitrogen and oxygen atoms in total. The minimum Gasteiger partial charge on any atom is -0.388 e. The van der Waals surface area contributed by atoms with Gasteiger partial charge in [-0.2, -0.15) is 0 Å². The third kappa shape index (κ3) is 3.40. The molecule has 1 aromatic rings. The van der Waals surface area contributed by atoms with E-state index < -0.39 is 0 Å². The molecule has 1 aromatic heterocycles. The molecule has 1 heterocycles. The minimum absolute atomic E-state index is 0.333. The number of aromatic nitrogens is 1. The molecule has 0 saturated heterocycles. The molecule has 1 aliphatic carbocycles. The van der Waals surface area contributed by atoms with Crippen LogP contribution in [-0.2, 0) is 4.74 Å². The Bertz CT molecular complexity index is 432. The van der Waals surface area contributed by atoms with Crippen molar-refractivity contribution in [3.8, 4) is 0 Å². The summed E-state index contributed by atoms with van der Waals surface area (Å²) in [6, 6.07) is 5.68. The average molecular weight is 265 g/mol. The summed E-state index contributed by atoms with van der Waals surface area (Å²) in [5.74, 6) is 0.837. The van der Waals surface area contributed by atoms with Gasteiger partial charge >= 0.3 is 0 Å². The lowest BCUT2D eigenvalue weighted by Crippen LogP contribution is -2.19. The highest BCUT2D eigenvalue weighted by Gasteiger charge is 2.41. The molecule has 0 amide bonds. The van der Waals surface area contributed by atoms with Crippen LogP contribution in [0.1, 0.15) is 25.0 Å². The maximum absolute atomic E-state index is 5.57. The molecule has 0 bridgehead atoms. The second kappa shape index (κ2) is 5.63. The predicted octanol–water partition coefficient (Wildman–Crippen LogP) is 1.94. The van der Waals surface area contributed by atoms with Crippen LogP contribution in [0.3, 0.4) is 0 Å². The number of nitrogens with one attached hydrogen (secondary N) is 1. The van der Waals surface area contributed by atoms with Crippen molar-refractivity contribution in [1.82, 2.24) is 4.98 Å². The van der Waals surface area contributed by atoms with Gasteiger partial charge in [0.2, 0.25) is 0 Å². The van der Waals surface area contributed by atoms with Gasteiger partial charge in [0, 0.05) is 20.3 Å². The van der Waals surface area contributed by atoms with E-state index in [-0.39, 0.29) is 0 Å². The molecule has 5 heteroatoms. The summed E-state index contributed by atoms with van der Waals surface area (Å²) in [4.78, 5) is 4.71. The Morgan fingerprint density at radius 2 is 2.33 bits per heavy atom. The molecule has 0 aliphatic heterocycles. The molecular weight excluding hydrogens is 246 g/mol. The van der Waals surface area contributed by atoms with E-state index in [0.717, 1.165) is 25.4 Å². The van der Waals surface area contributed by atoms with Crippen molar-refractivity contribution in [1.29, 1.82) is 0 Å². The monoisotopic (exact) mass is 265 g/mol. The van der Waals surface area contributed by atoms with E-state index in [1.807, 2.05) is 18.2 Å². The fraction of sp³-hybridized carbons (Fsp3) is 0.538. The summed E-state index contributed by atoms with van der Waals surface area (Å²) < 4.78 is 5.14. The molecule has 1 fully saturated rings. The first-order chi connectivity index (χ1) is 8.65. The summed E-state index contributed by atoms with van der Waals surface area (Å²) >= 11 is 4.92. The number of rotatable bonds is 7. The van der Waals surface area contributed by atoms with Gasteiger partial charge in [0.05, 0.1) is 5.69 Å². The van der Waals surface area contributed by atoms with Gasteiger partial charge in [0.15, 0.2) is 0 Å². The molecule has 98 valence electrons. The van der Waals surface area contributed by atoms with E-state index in [4.69, 9.17) is 22.7 Å². The van der Waals surface area contributed by atoms with Gasteiger partial charge in [-0.25, -0.2) is 4.98 Å². The van der Waals surface area contributed by atoms with Gasteiger partial charge in [-0.3, -0.25) is 0 Å². The van der Waals surface area contributed by atoms with Crippen molar-refractivity contribution in [3.63, 3.8) is 0 Å². The SMILES string of the molecule is COCCC1(CNc2cccc(C(N)=S)n2)CC1. The van der Waals surface area contributed by atoms with Crippen molar-refractivity contribution in [3.05, 3.63) is 23.9 Å². The molecular formula is C13H19N3OS. The summed E-state index contributed by atoms with van der Waals surface area (Å²) in [5, 5.41) is 3.37. The van der Waals surface area contributed by atoms with Gasteiger partial charge in [0.25, 0.3) is 0 Å². The van der Waals surface area contributed by atoms with Crippen LogP contribution in [0.4, 0.5) is 5.82 Å². The van der Waals surface area contributed by atoms with E-state index >= 15 is 0 Å². The van der Waals surface area contributed by atoms with E-state index in [2.05, 4.69) is 10.3 Å². The van der Waals surface area contributed by atoms with Gasteiger partial charge in [-0.15, -0.1) is 0 Å². The molecule has 18 heavy (non-hydrogen) atoms. The van der Waals surface area contributed by atoms with Crippen LogP contribution in [0.15, 0.2) is 18.2 Å². The minimum atomic E-state index is 0.333. The summed E-state index contributed by atoms with van der Waals surface area (Å²) in [6.45, 7) is 1.76. The zero-order chi connectivity index (χ0) is 13.0. The van der Waals surface area contributed by atoms with Crippen molar-refractivity contribution >= 4 is 23.0 Å². The molecule has 0 unspecified atom stereocenters. The van der Waals surface area contributed by atoms with Crippen LogP contribution in [-0.4, -0.2) is 30.2 Å². The molecule has 2 rings (SSSR count). The standard InChI is InChI=1S/C13H19N3OS/c1-17-8-7-13(5-6-13)9-15-11-4-2-3-10(16-11)12(14)18/h2-4H,5-9H2,1H3,(H2,14,18)(H,15,16). The molecule has 0 radical (unpaired) electrons. The number of anilines is 1. The van der Waals surface area contributed by atoms with Gasteiger partial charge in [-0.1, -0.05) is 18.3 Å². The molecule has 1 saturated carbocycles. The second-order valence-electron chi connectivity index (χ2n) is 4.87. The Morgan fingerprint density at radius 3 is 2.94 bits per heavy atom. The topological polar surface area (TPSA) is 60.2 Å². The maximum atomic E-state index is 5.57. The number of nitrogens with zero attached hydrogens (tertiary/aromatic N) is 1. The molecule has 0 spiro atoms. The first kappa shape index (κ1) is 13.2. The Morgan fingerprint density at radius 1 is 1.56 bits per heavy atom. The van der Waals surface area contributed by atoms with Crippen molar-refractivity contribution in [2.75, 3.05) is 25.6 Å². The number of ether oxygens (including phenoxy) is 1. The number of thiocarbonyl (C=S) groups is 1. The fourth-order valence-electron chi connectivity index (χ4n) is 1.96. The van der Waals surface area contributed by atoms with Crippen LogP contribution >= 0.6 is 12.2 Å². The lowest BCUT2D eigenvalue weighted by atomic mass is 10.0. The largest absolute Gasteiger partial charge is 0.388 e. The number of methoxy groups -OCH3 is 1. The van der Waals surface area contributed by atoms with E-state index in [0.29, 0.717) is 16.1 Å². The lowest BCUT2D eigenvalue weighted by Gasteiger charge is -2.16. The number of hydrogen-bond donors (Lipinski definition) is 2. The van der Waals surface area contributed by atoms with Crippen LogP contribution in [0.25, 0.3) is 0 Å². The zero-order valence-corrected chi connectivity index (χ0v) is 11.4. The number of hydrogen-bond acceptors (Lipinski definition) is 4. The summed E-state index contributed by atoms with van der Waals surface area (Å²) in [6.07, 6.45) is 3.63. The third-order valence-corrected chi connectivity index (χ3v) is 3.65. The summed E-state index contributed by atoms with van der Waals surface area (Å²) in [5.41, 5.74) is 6.63. The van der Waals surface area contributed by atoms with Crippen LogP contribution < -0.4 is 11.1 Å². The average Bonchev–Trinajstić information content (AvgIpc) is 3.15. The van der Waals surface area contributed by atoms with Crippen molar-refractivity contribution in [2.45, 2.75) is 19.3 Å². The van der Waals surface area contributed by atoms with Gasteiger partial charge in [-0.05, 0) is 36.8 Å². The van der Waals surface area contributed by atoms with E-state index in [1.54, 1.807) is 7.11 Å². The van der Waals surface area contributed by atoms with Crippen LogP contribution in [0.5, 0.6) is 0 Å². The summed E-state index contributed by atoms with van der Waals surface area (Å²) in [7, 11) is 1.75. The van der Waals surface area contributed by atoms with Crippen LogP contribution in [0, 0.1) is 5.41 Å². The van der Waals surface area contributed by atoms with Gasteiger partial charge < -0.3 is 15.8 Å². The Labute approximate surface area is 113 Å². The Hall–Kier alpha value is -1.20. The first-order valence-corrected chi connectivity index (χ1v) is 6.56. The molecule has 0 aromatic carbocycles. The third-order valence-electron chi connectivity index (χ3n) is 3.44. The molecule has 0 atom stereocenters. The fourth-order valence-corrected chi connectivity index (χ4v) is 2.07.